The summed E-state index contributed by atoms with van der Waals surface area (Å²) in [5.41, 5.74) is 1.21. The van der Waals surface area contributed by atoms with Crippen molar-refractivity contribution in [3.63, 3.8) is 0 Å². The zero-order valence-corrected chi connectivity index (χ0v) is 10.8. The van der Waals surface area contributed by atoms with Crippen LogP contribution in [0.2, 0.25) is 0 Å². The SMILES string of the molecule is CNCCc1cc(OC)c(OC)cc1Br. The van der Waals surface area contributed by atoms with Crippen molar-refractivity contribution in [2.75, 3.05) is 27.8 Å². The molecular formula is C11H16BrNO2. The lowest BCUT2D eigenvalue weighted by Gasteiger charge is -2.11. The number of halogens is 1. The predicted molar refractivity (Wildman–Crippen MR) is 64.9 cm³/mol. The standard InChI is InChI=1S/C11H16BrNO2/c1-13-5-4-8-6-10(14-2)11(15-3)7-9(8)12/h6-7,13H,4-5H2,1-3H3. The first-order valence-corrected chi connectivity index (χ1v) is 5.57. The van der Waals surface area contributed by atoms with E-state index in [1.54, 1.807) is 14.2 Å². The molecule has 1 aromatic carbocycles. The molecule has 0 aliphatic rings. The van der Waals surface area contributed by atoms with E-state index in [1.807, 2.05) is 19.2 Å². The Morgan fingerprint density at radius 3 is 2.33 bits per heavy atom. The van der Waals surface area contributed by atoms with Gasteiger partial charge in [0.1, 0.15) is 0 Å². The Kier molecular flexibility index (Phi) is 4.91. The smallest absolute Gasteiger partial charge is 0.161 e. The van der Waals surface area contributed by atoms with Crippen LogP contribution in [0.3, 0.4) is 0 Å². The number of nitrogens with one attached hydrogen (secondary N) is 1. The van der Waals surface area contributed by atoms with Crippen LogP contribution in [0.4, 0.5) is 0 Å². The second-order valence-corrected chi connectivity index (χ2v) is 4.01. The first-order chi connectivity index (χ1) is 7.22. The summed E-state index contributed by atoms with van der Waals surface area (Å²) < 4.78 is 11.5. The fraction of sp³-hybridized carbons (Fsp3) is 0.455. The molecule has 4 heteroatoms. The molecule has 0 aromatic heterocycles. The summed E-state index contributed by atoms with van der Waals surface area (Å²) in [6.07, 6.45) is 0.956. The number of hydrogen-bond acceptors (Lipinski definition) is 3. The Bertz CT molecular complexity index is 329. The van der Waals surface area contributed by atoms with Crippen LogP contribution in [-0.2, 0) is 6.42 Å². The zero-order valence-electron chi connectivity index (χ0n) is 9.26. The van der Waals surface area contributed by atoms with E-state index in [-0.39, 0.29) is 0 Å². The zero-order chi connectivity index (χ0) is 11.3. The Morgan fingerprint density at radius 1 is 1.20 bits per heavy atom. The molecule has 0 saturated heterocycles. The van der Waals surface area contributed by atoms with Crippen LogP contribution in [0.25, 0.3) is 0 Å². The van der Waals surface area contributed by atoms with Gasteiger partial charge in [-0.25, -0.2) is 0 Å². The van der Waals surface area contributed by atoms with Crippen molar-refractivity contribution in [2.24, 2.45) is 0 Å². The van der Waals surface area contributed by atoms with Gasteiger partial charge in [-0.2, -0.15) is 0 Å². The van der Waals surface area contributed by atoms with Crippen LogP contribution in [0.5, 0.6) is 11.5 Å². The lowest BCUT2D eigenvalue weighted by atomic mass is 10.1. The highest BCUT2D eigenvalue weighted by Gasteiger charge is 2.08. The molecule has 1 aromatic rings. The van der Waals surface area contributed by atoms with E-state index in [1.165, 1.54) is 5.56 Å². The predicted octanol–water partition coefficient (Wildman–Crippen LogP) is 2.23. The minimum Gasteiger partial charge on any atom is -0.493 e. The van der Waals surface area contributed by atoms with E-state index >= 15 is 0 Å². The van der Waals surface area contributed by atoms with Gasteiger partial charge in [-0.05, 0) is 37.7 Å². The second-order valence-electron chi connectivity index (χ2n) is 3.15. The third-order valence-electron chi connectivity index (χ3n) is 2.20. The van der Waals surface area contributed by atoms with Gasteiger partial charge in [0.25, 0.3) is 0 Å². The van der Waals surface area contributed by atoms with Crippen molar-refractivity contribution < 1.29 is 9.47 Å². The van der Waals surface area contributed by atoms with E-state index in [0.29, 0.717) is 0 Å². The molecule has 0 bridgehead atoms. The normalized spacial score (nSPS) is 10.1. The maximum Gasteiger partial charge on any atom is 0.161 e. The largest absolute Gasteiger partial charge is 0.493 e. The Hall–Kier alpha value is -0.740. The van der Waals surface area contributed by atoms with E-state index in [9.17, 15) is 0 Å². The molecule has 0 spiro atoms. The number of likely N-dealkylation sites (N-methyl/N-ethyl adjacent to an activating group) is 1. The van der Waals surface area contributed by atoms with E-state index < -0.39 is 0 Å². The maximum absolute atomic E-state index is 5.25. The van der Waals surface area contributed by atoms with E-state index in [4.69, 9.17) is 9.47 Å². The molecule has 0 fully saturated rings. The van der Waals surface area contributed by atoms with Gasteiger partial charge >= 0.3 is 0 Å². The first-order valence-electron chi connectivity index (χ1n) is 4.78. The van der Waals surface area contributed by atoms with Crippen LogP contribution in [-0.4, -0.2) is 27.8 Å². The third-order valence-corrected chi connectivity index (χ3v) is 2.94. The van der Waals surface area contributed by atoms with Crippen molar-refractivity contribution in [3.8, 4) is 11.5 Å². The lowest BCUT2D eigenvalue weighted by molar-refractivity contribution is 0.354. The summed E-state index contributed by atoms with van der Waals surface area (Å²) >= 11 is 3.52. The molecule has 0 saturated carbocycles. The molecular weight excluding hydrogens is 258 g/mol. The summed E-state index contributed by atoms with van der Waals surface area (Å²) in [6.45, 7) is 0.939. The molecule has 0 amide bonds. The average molecular weight is 274 g/mol. The van der Waals surface area contributed by atoms with Gasteiger partial charge in [0.15, 0.2) is 11.5 Å². The van der Waals surface area contributed by atoms with E-state index in [0.717, 1.165) is 28.9 Å². The van der Waals surface area contributed by atoms with Gasteiger partial charge in [-0.15, -0.1) is 0 Å². The quantitative estimate of drug-likeness (QED) is 0.893. The van der Waals surface area contributed by atoms with Gasteiger partial charge in [-0.3, -0.25) is 0 Å². The number of ether oxygens (including phenoxy) is 2. The molecule has 1 rings (SSSR count). The molecule has 0 aliphatic heterocycles. The number of benzene rings is 1. The topological polar surface area (TPSA) is 30.5 Å². The van der Waals surface area contributed by atoms with Crippen molar-refractivity contribution in [1.29, 1.82) is 0 Å². The summed E-state index contributed by atoms with van der Waals surface area (Å²) in [5.74, 6) is 1.52. The molecule has 0 heterocycles. The molecule has 0 unspecified atom stereocenters. The summed E-state index contributed by atoms with van der Waals surface area (Å²) in [7, 11) is 5.22. The van der Waals surface area contributed by atoms with Gasteiger partial charge in [0.05, 0.1) is 14.2 Å². The van der Waals surface area contributed by atoms with Crippen molar-refractivity contribution in [2.45, 2.75) is 6.42 Å². The van der Waals surface area contributed by atoms with Gasteiger partial charge in [0, 0.05) is 4.47 Å². The molecule has 3 nitrogen and oxygen atoms in total. The average Bonchev–Trinajstić information content (AvgIpc) is 2.27. The molecule has 15 heavy (non-hydrogen) atoms. The van der Waals surface area contributed by atoms with Crippen molar-refractivity contribution in [1.82, 2.24) is 5.32 Å². The van der Waals surface area contributed by atoms with Crippen LogP contribution < -0.4 is 14.8 Å². The van der Waals surface area contributed by atoms with Gasteiger partial charge in [0.2, 0.25) is 0 Å². The minimum atomic E-state index is 0.748. The summed E-state index contributed by atoms with van der Waals surface area (Å²) in [4.78, 5) is 0. The third kappa shape index (κ3) is 3.11. The molecule has 0 aliphatic carbocycles. The number of methoxy groups -OCH3 is 2. The van der Waals surface area contributed by atoms with Crippen LogP contribution >= 0.6 is 15.9 Å². The Labute approximate surface area is 98.9 Å². The molecule has 84 valence electrons. The second kappa shape index (κ2) is 5.98. The highest BCUT2D eigenvalue weighted by Crippen LogP contribution is 2.33. The fourth-order valence-electron chi connectivity index (χ4n) is 1.35. The number of rotatable bonds is 5. The maximum atomic E-state index is 5.25. The summed E-state index contributed by atoms with van der Waals surface area (Å²) in [5, 5.41) is 3.12. The fourth-order valence-corrected chi connectivity index (χ4v) is 1.87. The van der Waals surface area contributed by atoms with Gasteiger partial charge in [-0.1, -0.05) is 15.9 Å². The van der Waals surface area contributed by atoms with Crippen molar-refractivity contribution in [3.05, 3.63) is 22.2 Å². The first kappa shape index (κ1) is 12.3. The minimum absolute atomic E-state index is 0.748. The van der Waals surface area contributed by atoms with Crippen molar-refractivity contribution >= 4 is 15.9 Å². The Morgan fingerprint density at radius 2 is 1.80 bits per heavy atom. The molecule has 1 N–H and O–H groups in total. The van der Waals surface area contributed by atoms with Crippen LogP contribution in [0, 0.1) is 0 Å². The number of hydrogen-bond donors (Lipinski definition) is 1. The highest BCUT2D eigenvalue weighted by atomic mass is 79.9. The molecule has 0 radical (unpaired) electrons. The van der Waals surface area contributed by atoms with Crippen LogP contribution in [0.15, 0.2) is 16.6 Å². The highest BCUT2D eigenvalue weighted by molar-refractivity contribution is 9.10. The van der Waals surface area contributed by atoms with E-state index in [2.05, 4.69) is 21.2 Å². The Balaban J connectivity index is 2.97. The van der Waals surface area contributed by atoms with Gasteiger partial charge < -0.3 is 14.8 Å². The molecule has 0 atom stereocenters. The lowest BCUT2D eigenvalue weighted by Crippen LogP contribution is -2.10. The van der Waals surface area contributed by atoms with Crippen LogP contribution in [0.1, 0.15) is 5.56 Å². The summed E-state index contributed by atoms with van der Waals surface area (Å²) in [6, 6.07) is 3.93. The monoisotopic (exact) mass is 273 g/mol.